The lowest BCUT2D eigenvalue weighted by atomic mass is 10.1. The molecule has 0 amide bonds. The zero-order chi connectivity index (χ0) is 14.4. The number of nitrogens with zero attached hydrogens (tertiary/aromatic N) is 2. The Morgan fingerprint density at radius 1 is 1.33 bits per heavy atom. The van der Waals surface area contributed by atoms with Gasteiger partial charge in [0.2, 0.25) is 0 Å². The summed E-state index contributed by atoms with van der Waals surface area (Å²) in [4.78, 5) is 25.3. The molecule has 2 aliphatic carbocycles. The average Bonchev–Trinajstić information content (AvgIpc) is 2.93. The lowest BCUT2D eigenvalue weighted by Crippen LogP contribution is -2.22. The third-order valence-electron chi connectivity index (χ3n) is 4.77. The predicted octanol–water partition coefficient (Wildman–Crippen LogP) is 2.72. The molecular formula is C15H19N3O2S. The van der Waals surface area contributed by atoms with E-state index in [1.54, 1.807) is 18.4 Å². The van der Waals surface area contributed by atoms with Crippen molar-refractivity contribution >= 4 is 21.7 Å². The Morgan fingerprint density at radius 3 is 2.76 bits per heavy atom. The van der Waals surface area contributed by atoms with Crippen molar-refractivity contribution in [3.63, 3.8) is 0 Å². The number of hydrogen-bond acceptors (Lipinski definition) is 5. The first-order valence-corrected chi connectivity index (χ1v) is 8.44. The summed E-state index contributed by atoms with van der Waals surface area (Å²) in [5, 5.41) is 1.09. The van der Waals surface area contributed by atoms with Gasteiger partial charge in [-0.15, -0.1) is 0 Å². The van der Waals surface area contributed by atoms with Gasteiger partial charge in [0.25, 0.3) is 5.56 Å². The van der Waals surface area contributed by atoms with Crippen molar-refractivity contribution < 1.29 is 4.74 Å². The molecule has 0 radical (unpaired) electrons. The average molecular weight is 305 g/mol. The molecule has 21 heavy (non-hydrogen) atoms. The quantitative estimate of drug-likeness (QED) is 0.943. The Labute approximate surface area is 126 Å². The molecule has 0 aromatic carbocycles. The third-order valence-corrected chi connectivity index (χ3v) is 5.88. The van der Waals surface area contributed by atoms with Gasteiger partial charge >= 0.3 is 0 Å². The zero-order valence-corrected chi connectivity index (χ0v) is 13.0. The normalized spacial score (nSPS) is 21.2. The fourth-order valence-corrected chi connectivity index (χ4v) is 4.43. The van der Waals surface area contributed by atoms with E-state index in [4.69, 9.17) is 9.72 Å². The van der Waals surface area contributed by atoms with E-state index in [-0.39, 0.29) is 11.0 Å². The van der Waals surface area contributed by atoms with Crippen LogP contribution in [0.5, 0.6) is 0 Å². The molecule has 2 fully saturated rings. The number of H-pyrrole nitrogens is 1. The maximum atomic E-state index is 12.3. The van der Waals surface area contributed by atoms with Gasteiger partial charge in [-0.2, -0.15) is 0 Å². The van der Waals surface area contributed by atoms with Crippen molar-refractivity contribution in [3.05, 3.63) is 21.2 Å². The summed E-state index contributed by atoms with van der Waals surface area (Å²) in [7, 11) is 1.70. The summed E-state index contributed by atoms with van der Waals surface area (Å²) in [5.74, 6) is 1.31. The zero-order valence-electron chi connectivity index (χ0n) is 12.1. The van der Waals surface area contributed by atoms with Gasteiger partial charge in [0.15, 0.2) is 10.3 Å². The lowest BCUT2D eigenvalue weighted by molar-refractivity contribution is 0.168. The maximum Gasteiger partial charge on any atom is 0.278 e. The highest BCUT2D eigenvalue weighted by Crippen LogP contribution is 2.47. The Bertz CT molecular complexity index is 726. The SMILES string of the molecule is COCC1(c2nc3sc(C4CCCC4)nc3c(=O)[nH]2)CC1. The van der Waals surface area contributed by atoms with Gasteiger partial charge in [-0.1, -0.05) is 24.2 Å². The van der Waals surface area contributed by atoms with E-state index in [2.05, 4.69) is 9.97 Å². The molecule has 2 aliphatic rings. The summed E-state index contributed by atoms with van der Waals surface area (Å²) in [6.45, 7) is 0.621. The summed E-state index contributed by atoms with van der Waals surface area (Å²) in [6, 6.07) is 0. The minimum atomic E-state index is -0.0992. The molecule has 0 unspecified atom stereocenters. The minimum Gasteiger partial charge on any atom is -0.384 e. The van der Waals surface area contributed by atoms with Crippen molar-refractivity contribution in [1.82, 2.24) is 15.0 Å². The van der Waals surface area contributed by atoms with E-state index in [1.165, 1.54) is 25.7 Å². The van der Waals surface area contributed by atoms with Gasteiger partial charge in [0, 0.05) is 13.0 Å². The molecule has 0 bridgehead atoms. The number of aromatic amines is 1. The number of fused-ring (bicyclic) bond motifs is 1. The Morgan fingerprint density at radius 2 is 2.10 bits per heavy atom. The van der Waals surface area contributed by atoms with Crippen LogP contribution >= 0.6 is 11.3 Å². The van der Waals surface area contributed by atoms with Gasteiger partial charge in [-0.25, -0.2) is 9.97 Å². The first kappa shape index (κ1) is 13.4. The van der Waals surface area contributed by atoms with Crippen LogP contribution in [0.3, 0.4) is 0 Å². The standard InChI is InChI=1S/C15H19N3O2S/c1-20-8-15(6-7-15)14-17-11(19)10-13(18-14)21-12(16-10)9-4-2-3-5-9/h9H,2-8H2,1H3,(H,17,18,19). The van der Waals surface area contributed by atoms with Crippen molar-refractivity contribution in [2.75, 3.05) is 13.7 Å². The van der Waals surface area contributed by atoms with Gasteiger partial charge in [0.1, 0.15) is 5.82 Å². The van der Waals surface area contributed by atoms with Crippen molar-refractivity contribution in [1.29, 1.82) is 0 Å². The van der Waals surface area contributed by atoms with Crippen LogP contribution in [-0.2, 0) is 10.2 Å². The summed E-state index contributed by atoms with van der Waals surface area (Å²) >= 11 is 1.60. The number of thiazole rings is 1. The molecule has 6 heteroatoms. The van der Waals surface area contributed by atoms with E-state index < -0.39 is 0 Å². The topological polar surface area (TPSA) is 67.9 Å². The molecule has 5 nitrogen and oxygen atoms in total. The second-order valence-electron chi connectivity index (χ2n) is 6.32. The van der Waals surface area contributed by atoms with E-state index in [0.29, 0.717) is 18.0 Å². The van der Waals surface area contributed by atoms with E-state index in [0.717, 1.165) is 28.5 Å². The van der Waals surface area contributed by atoms with Crippen LogP contribution in [0, 0.1) is 0 Å². The first-order chi connectivity index (χ1) is 10.2. The molecule has 0 atom stereocenters. The van der Waals surface area contributed by atoms with Crippen molar-refractivity contribution in [3.8, 4) is 0 Å². The fraction of sp³-hybridized carbons (Fsp3) is 0.667. The molecule has 112 valence electrons. The molecular weight excluding hydrogens is 286 g/mol. The molecule has 2 aromatic heterocycles. The predicted molar refractivity (Wildman–Crippen MR) is 82.0 cm³/mol. The summed E-state index contributed by atoms with van der Waals surface area (Å²) < 4.78 is 5.29. The van der Waals surface area contributed by atoms with Crippen LogP contribution in [0.1, 0.15) is 55.3 Å². The number of rotatable bonds is 4. The fourth-order valence-electron chi connectivity index (χ4n) is 3.32. The van der Waals surface area contributed by atoms with Crippen molar-refractivity contribution in [2.45, 2.75) is 49.9 Å². The molecule has 2 heterocycles. The molecule has 2 saturated carbocycles. The number of nitrogens with one attached hydrogen (secondary N) is 1. The van der Waals surface area contributed by atoms with E-state index in [1.807, 2.05) is 0 Å². The number of aromatic nitrogens is 3. The van der Waals surface area contributed by atoms with Crippen LogP contribution in [0.25, 0.3) is 10.3 Å². The van der Waals surface area contributed by atoms with Crippen LogP contribution in [0.15, 0.2) is 4.79 Å². The lowest BCUT2D eigenvalue weighted by Gasteiger charge is -2.12. The van der Waals surface area contributed by atoms with Crippen LogP contribution in [0.2, 0.25) is 0 Å². The molecule has 4 rings (SSSR count). The van der Waals surface area contributed by atoms with Crippen LogP contribution in [0.4, 0.5) is 0 Å². The Hall–Kier alpha value is -1.27. The van der Waals surface area contributed by atoms with Gasteiger partial charge < -0.3 is 9.72 Å². The second-order valence-corrected chi connectivity index (χ2v) is 7.32. The number of ether oxygens (including phenoxy) is 1. The minimum absolute atomic E-state index is 0.0698. The molecule has 2 aromatic rings. The monoisotopic (exact) mass is 305 g/mol. The highest BCUT2D eigenvalue weighted by molar-refractivity contribution is 7.18. The Balaban J connectivity index is 1.77. The van der Waals surface area contributed by atoms with Gasteiger partial charge in [0.05, 0.1) is 17.0 Å². The second kappa shape index (κ2) is 4.88. The van der Waals surface area contributed by atoms with Gasteiger partial charge in [-0.05, 0) is 25.7 Å². The number of methoxy groups -OCH3 is 1. The maximum absolute atomic E-state index is 12.3. The molecule has 0 aliphatic heterocycles. The van der Waals surface area contributed by atoms with Crippen LogP contribution in [-0.4, -0.2) is 28.7 Å². The smallest absolute Gasteiger partial charge is 0.278 e. The van der Waals surface area contributed by atoms with E-state index >= 15 is 0 Å². The molecule has 0 spiro atoms. The largest absolute Gasteiger partial charge is 0.384 e. The van der Waals surface area contributed by atoms with E-state index in [9.17, 15) is 4.79 Å². The van der Waals surface area contributed by atoms with Crippen LogP contribution < -0.4 is 5.56 Å². The first-order valence-electron chi connectivity index (χ1n) is 7.62. The molecule has 1 N–H and O–H groups in total. The van der Waals surface area contributed by atoms with Gasteiger partial charge in [-0.3, -0.25) is 4.79 Å². The summed E-state index contributed by atoms with van der Waals surface area (Å²) in [6.07, 6.45) is 6.99. The highest BCUT2D eigenvalue weighted by atomic mass is 32.1. The number of hydrogen-bond donors (Lipinski definition) is 1. The summed E-state index contributed by atoms with van der Waals surface area (Å²) in [5.41, 5.74) is 0.344. The highest BCUT2D eigenvalue weighted by Gasteiger charge is 2.47. The third kappa shape index (κ3) is 2.21. The Kier molecular flexibility index (Phi) is 3.11. The van der Waals surface area contributed by atoms with Crippen molar-refractivity contribution in [2.24, 2.45) is 0 Å². The molecule has 0 saturated heterocycles.